The topological polar surface area (TPSA) is 23.8 Å². The van der Waals surface area contributed by atoms with Crippen molar-refractivity contribution >= 4 is 21.5 Å². The number of alkyl halides is 1. The van der Waals surface area contributed by atoms with Gasteiger partial charge in [-0.15, -0.1) is 0 Å². The van der Waals surface area contributed by atoms with Crippen LogP contribution < -0.4 is 0 Å². The number of benzene rings is 1. The Bertz CT molecular complexity index is 461. The number of allylic oxidation sites excluding steroid dienone is 4. The second-order valence-electron chi connectivity index (χ2n) is 3.24. The highest BCUT2D eigenvalue weighted by atomic mass is 79.9. The monoisotopic (exact) mass is 273 g/mol. The van der Waals surface area contributed by atoms with Gasteiger partial charge in [-0.05, 0) is 16.7 Å². The summed E-state index contributed by atoms with van der Waals surface area (Å²) in [6, 6.07) is 10.1. The number of halogens is 1. The van der Waals surface area contributed by atoms with Crippen LogP contribution in [0.5, 0.6) is 0 Å². The van der Waals surface area contributed by atoms with Crippen molar-refractivity contribution in [3.8, 4) is 6.07 Å². The molecule has 0 spiro atoms. The van der Waals surface area contributed by atoms with E-state index < -0.39 is 0 Å². The molecule has 0 unspecified atom stereocenters. The van der Waals surface area contributed by atoms with Crippen LogP contribution >= 0.6 is 15.9 Å². The standard InChI is InChI=1S/C14H12BrN/c1-3-4-14(11(2)10-16)13-7-5-12(9-15)6-8-13/h3-8H,1-2,9H2/b14-4+. The van der Waals surface area contributed by atoms with Crippen molar-refractivity contribution in [1.29, 1.82) is 5.26 Å². The summed E-state index contributed by atoms with van der Waals surface area (Å²) in [7, 11) is 0. The molecule has 0 radical (unpaired) electrons. The first kappa shape index (κ1) is 12.5. The average Bonchev–Trinajstić information content (AvgIpc) is 2.35. The molecular weight excluding hydrogens is 262 g/mol. The normalized spacial score (nSPS) is 10.6. The van der Waals surface area contributed by atoms with Gasteiger partial charge in [-0.25, -0.2) is 0 Å². The molecule has 1 rings (SSSR count). The van der Waals surface area contributed by atoms with Crippen LogP contribution in [0.2, 0.25) is 0 Å². The van der Waals surface area contributed by atoms with Gasteiger partial charge in [-0.1, -0.05) is 65.5 Å². The van der Waals surface area contributed by atoms with Crippen LogP contribution in [0, 0.1) is 11.3 Å². The Labute approximate surface area is 105 Å². The van der Waals surface area contributed by atoms with E-state index in [4.69, 9.17) is 5.26 Å². The minimum absolute atomic E-state index is 0.450. The Morgan fingerprint density at radius 2 is 2.00 bits per heavy atom. The summed E-state index contributed by atoms with van der Waals surface area (Å²) in [5.41, 5.74) is 3.45. The van der Waals surface area contributed by atoms with Crippen molar-refractivity contribution in [3.63, 3.8) is 0 Å². The Morgan fingerprint density at radius 3 is 2.44 bits per heavy atom. The Balaban J connectivity index is 3.13. The van der Waals surface area contributed by atoms with E-state index >= 15 is 0 Å². The second kappa shape index (κ2) is 6.09. The van der Waals surface area contributed by atoms with Gasteiger partial charge in [0.05, 0.1) is 11.6 Å². The molecule has 0 atom stereocenters. The first-order chi connectivity index (χ1) is 7.72. The van der Waals surface area contributed by atoms with Gasteiger partial charge in [-0.2, -0.15) is 5.26 Å². The van der Waals surface area contributed by atoms with Gasteiger partial charge in [0.2, 0.25) is 0 Å². The predicted molar refractivity (Wildman–Crippen MR) is 72.0 cm³/mol. The van der Waals surface area contributed by atoms with Crippen molar-refractivity contribution in [1.82, 2.24) is 0 Å². The third-order valence-electron chi connectivity index (χ3n) is 2.16. The van der Waals surface area contributed by atoms with Gasteiger partial charge in [0.15, 0.2) is 0 Å². The molecule has 1 aromatic rings. The zero-order chi connectivity index (χ0) is 12.0. The molecule has 16 heavy (non-hydrogen) atoms. The zero-order valence-corrected chi connectivity index (χ0v) is 10.5. The van der Waals surface area contributed by atoms with Crippen LogP contribution in [0.4, 0.5) is 0 Å². The minimum atomic E-state index is 0.450. The first-order valence-corrected chi connectivity index (χ1v) is 5.92. The molecular formula is C14H12BrN. The third-order valence-corrected chi connectivity index (χ3v) is 2.81. The van der Waals surface area contributed by atoms with E-state index in [0.29, 0.717) is 5.57 Å². The smallest absolute Gasteiger partial charge is 0.0991 e. The van der Waals surface area contributed by atoms with Gasteiger partial charge in [-0.3, -0.25) is 0 Å². The Kier molecular flexibility index (Phi) is 4.75. The maximum atomic E-state index is 8.86. The van der Waals surface area contributed by atoms with Crippen molar-refractivity contribution in [2.45, 2.75) is 5.33 Å². The molecule has 0 aliphatic rings. The van der Waals surface area contributed by atoms with Crippen LogP contribution in [0.25, 0.3) is 5.57 Å². The lowest BCUT2D eigenvalue weighted by atomic mass is 9.98. The van der Waals surface area contributed by atoms with Gasteiger partial charge in [0, 0.05) is 5.33 Å². The molecule has 0 saturated heterocycles. The van der Waals surface area contributed by atoms with E-state index in [1.165, 1.54) is 5.56 Å². The van der Waals surface area contributed by atoms with E-state index in [0.717, 1.165) is 16.5 Å². The quantitative estimate of drug-likeness (QED) is 0.458. The van der Waals surface area contributed by atoms with Crippen LogP contribution in [0.3, 0.4) is 0 Å². The van der Waals surface area contributed by atoms with Crippen LogP contribution in [-0.4, -0.2) is 0 Å². The van der Waals surface area contributed by atoms with Crippen molar-refractivity contribution in [2.75, 3.05) is 0 Å². The molecule has 80 valence electrons. The fraction of sp³-hybridized carbons (Fsp3) is 0.0714. The number of hydrogen-bond donors (Lipinski definition) is 0. The van der Waals surface area contributed by atoms with E-state index in [2.05, 4.69) is 35.2 Å². The van der Waals surface area contributed by atoms with Crippen LogP contribution in [0.1, 0.15) is 11.1 Å². The highest BCUT2D eigenvalue weighted by Gasteiger charge is 2.04. The van der Waals surface area contributed by atoms with Crippen molar-refractivity contribution < 1.29 is 0 Å². The second-order valence-corrected chi connectivity index (χ2v) is 3.80. The zero-order valence-electron chi connectivity index (χ0n) is 8.91. The summed E-state index contributed by atoms with van der Waals surface area (Å²) in [6.45, 7) is 7.37. The maximum absolute atomic E-state index is 8.86. The average molecular weight is 274 g/mol. The predicted octanol–water partition coefficient (Wildman–Crippen LogP) is 4.23. The fourth-order valence-corrected chi connectivity index (χ4v) is 1.70. The van der Waals surface area contributed by atoms with E-state index in [1.54, 1.807) is 12.2 Å². The maximum Gasteiger partial charge on any atom is 0.0991 e. The molecule has 0 saturated carbocycles. The van der Waals surface area contributed by atoms with Crippen LogP contribution in [-0.2, 0) is 5.33 Å². The molecule has 1 nitrogen and oxygen atoms in total. The minimum Gasteiger partial charge on any atom is -0.192 e. The molecule has 0 aliphatic heterocycles. The third kappa shape index (κ3) is 2.95. The first-order valence-electron chi connectivity index (χ1n) is 4.80. The van der Waals surface area contributed by atoms with Gasteiger partial charge in [0.25, 0.3) is 0 Å². The molecule has 0 aromatic heterocycles. The Hall–Kier alpha value is -1.59. The molecule has 2 heteroatoms. The van der Waals surface area contributed by atoms with Crippen molar-refractivity contribution in [3.05, 3.63) is 66.3 Å². The Morgan fingerprint density at radius 1 is 1.38 bits per heavy atom. The number of hydrogen-bond acceptors (Lipinski definition) is 1. The molecule has 0 amide bonds. The lowest BCUT2D eigenvalue weighted by Gasteiger charge is -2.05. The fourth-order valence-electron chi connectivity index (χ4n) is 1.32. The SMILES string of the molecule is C=C/C=C(\C(=C)C#N)c1ccc(CBr)cc1. The summed E-state index contributed by atoms with van der Waals surface area (Å²) < 4.78 is 0. The summed E-state index contributed by atoms with van der Waals surface area (Å²) >= 11 is 3.39. The lowest BCUT2D eigenvalue weighted by molar-refractivity contribution is 1.42. The van der Waals surface area contributed by atoms with Crippen molar-refractivity contribution in [2.24, 2.45) is 0 Å². The summed E-state index contributed by atoms with van der Waals surface area (Å²) in [4.78, 5) is 0. The number of rotatable bonds is 4. The summed E-state index contributed by atoms with van der Waals surface area (Å²) in [5, 5.41) is 9.69. The van der Waals surface area contributed by atoms with Gasteiger partial charge >= 0.3 is 0 Å². The lowest BCUT2D eigenvalue weighted by Crippen LogP contribution is -1.87. The number of nitrogens with zero attached hydrogens (tertiary/aromatic N) is 1. The summed E-state index contributed by atoms with van der Waals surface area (Å²) in [6.07, 6.45) is 3.46. The highest BCUT2D eigenvalue weighted by molar-refractivity contribution is 9.08. The molecule has 0 heterocycles. The van der Waals surface area contributed by atoms with Gasteiger partial charge in [0.1, 0.15) is 0 Å². The molecule has 0 aliphatic carbocycles. The molecule has 0 N–H and O–H groups in total. The van der Waals surface area contributed by atoms with E-state index in [9.17, 15) is 0 Å². The summed E-state index contributed by atoms with van der Waals surface area (Å²) in [5.74, 6) is 0. The van der Waals surface area contributed by atoms with E-state index in [1.807, 2.05) is 24.3 Å². The van der Waals surface area contributed by atoms with Gasteiger partial charge < -0.3 is 0 Å². The molecule has 1 aromatic carbocycles. The van der Waals surface area contributed by atoms with E-state index in [-0.39, 0.29) is 0 Å². The largest absolute Gasteiger partial charge is 0.192 e. The molecule has 0 fully saturated rings. The number of nitriles is 1. The highest BCUT2D eigenvalue weighted by Crippen LogP contribution is 2.22. The van der Waals surface area contributed by atoms with Crippen LogP contribution in [0.15, 0.2) is 55.1 Å². The molecule has 0 bridgehead atoms.